The Balaban J connectivity index is 1.44. The lowest BCUT2D eigenvalue weighted by molar-refractivity contribution is -0.128. The zero-order valence-corrected chi connectivity index (χ0v) is 16.3. The molecule has 0 fully saturated rings. The molecule has 0 saturated heterocycles. The number of para-hydroxylation sites is 1. The summed E-state index contributed by atoms with van der Waals surface area (Å²) >= 11 is 0. The number of rotatable bonds is 7. The maximum Gasteiger partial charge on any atom is 0.261 e. The first-order valence-corrected chi connectivity index (χ1v) is 9.74. The van der Waals surface area contributed by atoms with Gasteiger partial charge in [0.2, 0.25) is 0 Å². The number of hydrogen-bond acceptors (Lipinski definition) is 3. The Morgan fingerprint density at radius 2 is 1.86 bits per heavy atom. The van der Waals surface area contributed by atoms with Gasteiger partial charge in [0.15, 0.2) is 6.10 Å². The molecule has 4 rings (SSSR count). The molecular weight excluding hydrogens is 362 g/mol. The van der Waals surface area contributed by atoms with Crippen LogP contribution in [-0.2, 0) is 11.3 Å². The molecule has 0 spiro atoms. The number of nitrogens with zero attached hydrogens (tertiary/aromatic N) is 2. The number of carbonyl (C=O) groups excluding carboxylic acids is 1. The van der Waals surface area contributed by atoms with E-state index in [2.05, 4.69) is 16.4 Å². The Morgan fingerprint density at radius 1 is 1.07 bits per heavy atom. The van der Waals surface area contributed by atoms with Gasteiger partial charge in [0, 0.05) is 18.9 Å². The fraction of sp³-hybridized carbons (Fsp3) is 0.167. The van der Waals surface area contributed by atoms with Crippen molar-refractivity contribution in [3.8, 4) is 11.4 Å². The van der Waals surface area contributed by atoms with Crippen LogP contribution in [0.4, 0.5) is 0 Å². The summed E-state index contributed by atoms with van der Waals surface area (Å²) in [7, 11) is 0. The summed E-state index contributed by atoms with van der Waals surface area (Å²) in [5.41, 5.74) is 2.01. The van der Waals surface area contributed by atoms with Gasteiger partial charge in [0.25, 0.3) is 5.91 Å². The largest absolute Gasteiger partial charge is 0.481 e. The highest BCUT2D eigenvalue weighted by atomic mass is 16.5. The molecule has 3 aromatic carbocycles. The molecule has 0 aliphatic heterocycles. The number of ether oxygens (including phenoxy) is 1. The molecular formula is C24H23N3O2. The highest BCUT2D eigenvalue weighted by Gasteiger charge is 2.18. The summed E-state index contributed by atoms with van der Waals surface area (Å²) in [6.07, 6.45) is 5.41. The standard InChI is InChI=1S/C24H23N3O2/c1-2-23(29-21-12-11-18-7-3-4-8-19(18)15-21)24(28)26-16-20-9-5-6-10-22(20)27-14-13-25-17-27/h3-15,17,23H,2,16H2,1H3,(H,26,28)/t23-/m0/s1. The first-order chi connectivity index (χ1) is 14.2. The van der Waals surface area contributed by atoms with E-state index in [1.165, 1.54) is 0 Å². The SMILES string of the molecule is CC[C@H](Oc1ccc2ccccc2c1)C(=O)NCc1ccccc1-n1ccnc1. The molecule has 1 N–H and O–H groups in total. The van der Waals surface area contributed by atoms with E-state index in [1.807, 2.05) is 78.4 Å². The second-order valence-electron chi connectivity index (χ2n) is 6.84. The zero-order valence-electron chi connectivity index (χ0n) is 16.3. The second kappa shape index (κ2) is 8.61. The van der Waals surface area contributed by atoms with Crippen molar-refractivity contribution in [1.29, 1.82) is 0 Å². The van der Waals surface area contributed by atoms with E-state index in [0.717, 1.165) is 22.0 Å². The number of benzene rings is 3. The van der Waals surface area contributed by atoms with Crippen molar-refractivity contribution in [2.24, 2.45) is 0 Å². The first-order valence-electron chi connectivity index (χ1n) is 9.74. The molecule has 5 nitrogen and oxygen atoms in total. The van der Waals surface area contributed by atoms with Crippen LogP contribution in [0.1, 0.15) is 18.9 Å². The fourth-order valence-corrected chi connectivity index (χ4v) is 3.34. The number of hydrogen-bond donors (Lipinski definition) is 1. The van der Waals surface area contributed by atoms with Crippen molar-refractivity contribution in [2.45, 2.75) is 26.0 Å². The number of imidazole rings is 1. The summed E-state index contributed by atoms with van der Waals surface area (Å²) < 4.78 is 7.93. The van der Waals surface area contributed by atoms with Crippen molar-refractivity contribution < 1.29 is 9.53 Å². The molecule has 29 heavy (non-hydrogen) atoms. The Labute approximate surface area is 170 Å². The van der Waals surface area contributed by atoms with Gasteiger partial charge in [-0.3, -0.25) is 4.79 Å². The van der Waals surface area contributed by atoms with Crippen molar-refractivity contribution >= 4 is 16.7 Å². The van der Waals surface area contributed by atoms with Gasteiger partial charge >= 0.3 is 0 Å². The maximum atomic E-state index is 12.8. The summed E-state index contributed by atoms with van der Waals surface area (Å²) in [6, 6.07) is 21.9. The number of fused-ring (bicyclic) bond motifs is 1. The molecule has 4 aromatic rings. The zero-order chi connectivity index (χ0) is 20.1. The third kappa shape index (κ3) is 4.29. The third-order valence-electron chi connectivity index (χ3n) is 4.89. The summed E-state index contributed by atoms with van der Waals surface area (Å²) in [5, 5.41) is 5.25. The van der Waals surface area contributed by atoms with Gasteiger partial charge in [0.1, 0.15) is 5.75 Å². The molecule has 0 saturated carbocycles. The van der Waals surface area contributed by atoms with Crippen molar-refractivity contribution in [2.75, 3.05) is 0 Å². The van der Waals surface area contributed by atoms with Crippen molar-refractivity contribution in [3.63, 3.8) is 0 Å². The quantitative estimate of drug-likeness (QED) is 0.510. The lowest BCUT2D eigenvalue weighted by Gasteiger charge is -2.18. The minimum Gasteiger partial charge on any atom is -0.481 e. The summed E-state index contributed by atoms with van der Waals surface area (Å²) in [6.45, 7) is 2.37. The first kappa shape index (κ1) is 18.7. The predicted molar refractivity (Wildman–Crippen MR) is 114 cm³/mol. The van der Waals surface area contributed by atoms with E-state index in [-0.39, 0.29) is 5.91 Å². The molecule has 0 aliphatic carbocycles. The van der Waals surface area contributed by atoms with Crippen molar-refractivity contribution in [3.05, 3.63) is 91.0 Å². The smallest absolute Gasteiger partial charge is 0.261 e. The minimum absolute atomic E-state index is 0.124. The summed E-state index contributed by atoms with van der Waals surface area (Å²) in [4.78, 5) is 16.9. The maximum absolute atomic E-state index is 12.8. The van der Waals surface area contributed by atoms with Gasteiger partial charge in [0.05, 0.1) is 12.0 Å². The molecule has 1 atom stereocenters. The molecule has 0 bridgehead atoms. The third-order valence-corrected chi connectivity index (χ3v) is 4.89. The number of amides is 1. The van der Waals surface area contributed by atoms with E-state index in [1.54, 1.807) is 12.5 Å². The van der Waals surface area contributed by atoms with E-state index >= 15 is 0 Å². The van der Waals surface area contributed by atoms with Crippen LogP contribution < -0.4 is 10.1 Å². The minimum atomic E-state index is -0.545. The van der Waals surface area contributed by atoms with Gasteiger partial charge in [-0.25, -0.2) is 4.98 Å². The van der Waals surface area contributed by atoms with Gasteiger partial charge in [-0.15, -0.1) is 0 Å². The van der Waals surface area contributed by atoms with E-state index in [9.17, 15) is 4.79 Å². The van der Waals surface area contributed by atoms with Gasteiger partial charge in [-0.1, -0.05) is 55.5 Å². The molecule has 1 aromatic heterocycles. The van der Waals surface area contributed by atoms with E-state index < -0.39 is 6.10 Å². The monoisotopic (exact) mass is 385 g/mol. The van der Waals surface area contributed by atoms with Crippen LogP contribution >= 0.6 is 0 Å². The molecule has 1 heterocycles. The average molecular weight is 385 g/mol. The Bertz CT molecular complexity index is 1110. The van der Waals surface area contributed by atoms with E-state index in [0.29, 0.717) is 18.7 Å². The Hall–Kier alpha value is -3.60. The predicted octanol–water partition coefficient (Wildman–Crippen LogP) is 4.50. The average Bonchev–Trinajstić information content (AvgIpc) is 3.30. The van der Waals surface area contributed by atoms with Gasteiger partial charge in [-0.2, -0.15) is 0 Å². The van der Waals surface area contributed by atoms with Crippen LogP contribution in [0.15, 0.2) is 85.5 Å². The number of aromatic nitrogens is 2. The van der Waals surface area contributed by atoms with Crippen molar-refractivity contribution in [1.82, 2.24) is 14.9 Å². The van der Waals surface area contributed by atoms with Crippen LogP contribution in [0, 0.1) is 0 Å². The molecule has 5 heteroatoms. The van der Waals surface area contributed by atoms with E-state index in [4.69, 9.17) is 4.74 Å². The normalized spacial score (nSPS) is 11.9. The van der Waals surface area contributed by atoms with Gasteiger partial charge < -0.3 is 14.6 Å². The molecule has 1 amide bonds. The van der Waals surface area contributed by atoms with Gasteiger partial charge in [-0.05, 0) is 41.0 Å². The van der Waals surface area contributed by atoms with Crippen LogP contribution in [0.3, 0.4) is 0 Å². The van der Waals surface area contributed by atoms with Crippen LogP contribution in [0.5, 0.6) is 5.75 Å². The second-order valence-corrected chi connectivity index (χ2v) is 6.84. The molecule has 0 aliphatic rings. The molecule has 0 radical (unpaired) electrons. The Kier molecular flexibility index (Phi) is 5.56. The fourth-order valence-electron chi connectivity index (χ4n) is 3.34. The number of carbonyl (C=O) groups is 1. The summed E-state index contributed by atoms with van der Waals surface area (Å²) in [5.74, 6) is 0.575. The lowest BCUT2D eigenvalue weighted by atomic mass is 10.1. The molecule has 0 unspecified atom stereocenters. The Morgan fingerprint density at radius 3 is 2.66 bits per heavy atom. The topological polar surface area (TPSA) is 56.1 Å². The highest BCUT2D eigenvalue weighted by Crippen LogP contribution is 2.22. The lowest BCUT2D eigenvalue weighted by Crippen LogP contribution is -2.37. The van der Waals surface area contributed by atoms with Crippen LogP contribution in [0.2, 0.25) is 0 Å². The van der Waals surface area contributed by atoms with Crippen LogP contribution in [0.25, 0.3) is 16.5 Å². The highest BCUT2D eigenvalue weighted by molar-refractivity contribution is 5.84. The van der Waals surface area contributed by atoms with Crippen LogP contribution in [-0.4, -0.2) is 21.6 Å². The number of nitrogens with one attached hydrogen (secondary N) is 1. The molecule has 146 valence electrons.